The van der Waals surface area contributed by atoms with Gasteiger partial charge in [0.05, 0.1) is 17.4 Å². The number of rotatable bonds is 2. The van der Waals surface area contributed by atoms with Gasteiger partial charge in [-0.1, -0.05) is 43.7 Å². The third kappa shape index (κ3) is 2.19. The molecule has 1 heterocycles. The van der Waals surface area contributed by atoms with Crippen molar-refractivity contribution < 1.29 is 9.84 Å². The van der Waals surface area contributed by atoms with Crippen LogP contribution in [0.15, 0.2) is 59.8 Å². The molecule has 1 unspecified atom stereocenters. The Labute approximate surface area is 101 Å². The number of aliphatic hydroxyl groups excluding tert-OH is 1. The number of fused-ring (bicyclic) bond motifs is 1. The molecule has 1 atom stereocenters. The van der Waals surface area contributed by atoms with E-state index in [-0.39, 0.29) is 5.95 Å². The van der Waals surface area contributed by atoms with Gasteiger partial charge in [0.2, 0.25) is 0 Å². The predicted octanol–water partition coefficient (Wildman–Crippen LogP) is 2.85. The smallest absolute Gasteiger partial charge is 0.287 e. The van der Waals surface area contributed by atoms with E-state index in [9.17, 15) is 5.11 Å². The van der Waals surface area contributed by atoms with Crippen LogP contribution < -0.4 is 5.73 Å². The second-order valence-electron chi connectivity index (χ2n) is 4.20. The van der Waals surface area contributed by atoms with Gasteiger partial charge in [-0.3, -0.25) is 0 Å². The monoisotopic (exact) mass is 231 g/mol. The normalized spacial score (nSPS) is 40.0. The molecule has 0 bridgehead atoms. The molecule has 0 spiro atoms. The average Bonchev–Trinajstić information content (AvgIpc) is 2.88. The largest absolute Gasteiger partial charge is 0.480 e. The maximum atomic E-state index is 9.83. The molecule has 3 heteroatoms. The van der Waals surface area contributed by atoms with E-state index < -0.39 is 5.54 Å². The van der Waals surface area contributed by atoms with Crippen molar-refractivity contribution in [1.29, 1.82) is 0 Å². The highest BCUT2D eigenvalue weighted by atomic mass is 16.6. The summed E-state index contributed by atoms with van der Waals surface area (Å²) >= 11 is 0. The molecular formula is C14H17NO2. The molecule has 0 aromatic rings. The zero-order valence-electron chi connectivity index (χ0n) is 9.89. The van der Waals surface area contributed by atoms with E-state index in [1.54, 1.807) is 6.08 Å². The summed E-state index contributed by atoms with van der Waals surface area (Å²) in [6.07, 6.45) is 14.4. The van der Waals surface area contributed by atoms with Gasteiger partial charge in [-0.05, 0) is 18.1 Å². The van der Waals surface area contributed by atoms with Crippen molar-refractivity contribution in [3.05, 3.63) is 59.8 Å². The molecule has 3 N–H and O–H groups in total. The summed E-state index contributed by atoms with van der Waals surface area (Å²) in [6, 6.07) is 0. The van der Waals surface area contributed by atoms with E-state index >= 15 is 0 Å². The second-order valence-corrected chi connectivity index (χ2v) is 4.20. The highest BCUT2D eigenvalue weighted by molar-refractivity contribution is 5.69. The fourth-order valence-corrected chi connectivity index (χ4v) is 2.10. The Morgan fingerprint density at radius 2 is 1.94 bits per heavy atom. The maximum Gasteiger partial charge on any atom is 0.287 e. The fourth-order valence-electron chi connectivity index (χ4n) is 2.10. The van der Waals surface area contributed by atoms with Gasteiger partial charge < -0.3 is 15.6 Å². The Bertz CT molecular complexity index is 455. The lowest BCUT2D eigenvalue weighted by Gasteiger charge is -2.04. The number of ether oxygens (including phenoxy) is 1. The number of hydrogen-bond acceptors (Lipinski definition) is 3. The van der Waals surface area contributed by atoms with E-state index in [0.29, 0.717) is 0 Å². The van der Waals surface area contributed by atoms with Crippen LogP contribution in [0.25, 0.3) is 0 Å². The topological polar surface area (TPSA) is 55.5 Å². The lowest BCUT2D eigenvalue weighted by molar-refractivity contribution is 0.165. The van der Waals surface area contributed by atoms with Crippen molar-refractivity contribution in [1.82, 2.24) is 0 Å². The molecule has 1 saturated carbocycles. The van der Waals surface area contributed by atoms with Crippen molar-refractivity contribution in [2.24, 2.45) is 5.73 Å². The van der Waals surface area contributed by atoms with E-state index in [0.717, 1.165) is 24.0 Å². The van der Waals surface area contributed by atoms with Gasteiger partial charge in [0.1, 0.15) is 0 Å². The lowest BCUT2D eigenvalue weighted by Crippen LogP contribution is -2.23. The van der Waals surface area contributed by atoms with Gasteiger partial charge in [-0.2, -0.15) is 0 Å². The second kappa shape index (κ2) is 4.63. The van der Waals surface area contributed by atoms with Crippen molar-refractivity contribution in [2.45, 2.75) is 25.3 Å². The maximum absolute atomic E-state index is 9.83. The van der Waals surface area contributed by atoms with Gasteiger partial charge in [-0.25, -0.2) is 0 Å². The molecule has 3 nitrogen and oxygen atoms in total. The average molecular weight is 231 g/mol. The summed E-state index contributed by atoms with van der Waals surface area (Å²) in [4.78, 5) is 0. The Hall–Kier alpha value is -1.74. The van der Waals surface area contributed by atoms with Crippen molar-refractivity contribution in [3.8, 4) is 0 Å². The summed E-state index contributed by atoms with van der Waals surface area (Å²) in [5.41, 5.74) is 7.39. The first-order chi connectivity index (χ1) is 8.20. The Kier molecular flexibility index (Phi) is 3.20. The third-order valence-electron chi connectivity index (χ3n) is 2.96. The quantitative estimate of drug-likeness (QED) is 0.768. The van der Waals surface area contributed by atoms with Gasteiger partial charge in [-0.15, -0.1) is 0 Å². The summed E-state index contributed by atoms with van der Waals surface area (Å²) in [5.74, 6) is -0.0906. The van der Waals surface area contributed by atoms with E-state index in [4.69, 9.17) is 10.5 Å². The lowest BCUT2D eigenvalue weighted by atomic mass is 10.1. The molecule has 0 aromatic carbocycles. The van der Waals surface area contributed by atoms with Crippen LogP contribution in [0, 0.1) is 0 Å². The first-order valence-electron chi connectivity index (χ1n) is 5.80. The molecule has 0 radical (unpaired) electrons. The standard InChI is InChI=1S/C14H17NO2/c1-2-9-14(15)11-8-6-4-3-5-7-10-17-13(16)12(11)14/h3-8,10,16H,2,9,15H2,1H3/b5-3-,6-4+,10-7-,11-8+,13-12-. The van der Waals surface area contributed by atoms with E-state index in [2.05, 4.69) is 6.92 Å². The Morgan fingerprint density at radius 1 is 1.24 bits per heavy atom. The van der Waals surface area contributed by atoms with Crippen LogP contribution in [0.2, 0.25) is 0 Å². The molecule has 0 amide bonds. The first kappa shape index (κ1) is 11.7. The van der Waals surface area contributed by atoms with Crippen molar-refractivity contribution >= 4 is 0 Å². The summed E-state index contributed by atoms with van der Waals surface area (Å²) in [6.45, 7) is 2.07. The van der Waals surface area contributed by atoms with Crippen molar-refractivity contribution in [3.63, 3.8) is 0 Å². The minimum Gasteiger partial charge on any atom is -0.480 e. The minimum atomic E-state index is -0.514. The molecule has 2 rings (SSSR count). The fraction of sp³-hybridized carbons (Fsp3) is 0.286. The Balaban J connectivity index is 2.36. The molecule has 0 saturated heterocycles. The molecule has 2 aliphatic rings. The highest BCUT2D eigenvalue weighted by Crippen LogP contribution is 2.52. The number of allylic oxidation sites excluding steroid dienone is 6. The van der Waals surface area contributed by atoms with Gasteiger partial charge in [0, 0.05) is 0 Å². The minimum absolute atomic E-state index is 0.0906. The molecule has 1 fully saturated rings. The summed E-state index contributed by atoms with van der Waals surface area (Å²) < 4.78 is 5.12. The van der Waals surface area contributed by atoms with Crippen LogP contribution in [0.4, 0.5) is 0 Å². The van der Waals surface area contributed by atoms with Crippen LogP contribution >= 0.6 is 0 Å². The van der Waals surface area contributed by atoms with E-state index in [1.807, 2.05) is 30.4 Å². The van der Waals surface area contributed by atoms with Gasteiger partial charge in [0.25, 0.3) is 5.95 Å². The molecular weight excluding hydrogens is 214 g/mol. The van der Waals surface area contributed by atoms with Gasteiger partial charge >= 0.3 is 0 Å². The van der Waals surface area contributed by atoms with Crippen LogP contribution in [0.5, 0.6) is 0 Å². The summed E-state index contributed by atoms with van der Waals surface area (Å²) in [7, 11) is 0. The number of hydrogen-bond donors (Lipinski definition) is 2. The molecule has 17 heavy (non-hydrogen) atoms. The molecule has 90 valence electrons. The number of nitrogens with two attached hydrogens (primary N) is 1. The molecule has 1 aliphatic carbocycles. The number of aliphatic hydroxyl groups is 1. The van der Waals surface area contributed by atoms with Crippen LogP contribution in [0.3, 0.4) is 0 Å². The zero-order chi connectivity index (χ0) is 12.3. The molecule has 0 aromatic heterocycles. The zero-order valence-corrected chi connectivity index (χ0v) is 9.89. The molecule has 1 aliphatic heterocycles. The van der Waals surface area contributed by atoms with Gasteiger partial charge in [0.15, 0.2) is 0 Å². The van der Waals surface area contributed by atoms with Crippen LogP contribution in [-0.4, -0.2) is 10.6 Å². The SMILES string of the molecule is CCCC1(N)C2=C(\O)O\C=C/C=C\C=C\C=C/21. The highest BCUT2D eigenvalue weighted by Gasteiger charge is 2.54. The third-order valence-corrected chi connectivity index (χ3v) is 2.96. The van der Waals surface area contributed by atoms with Crippen LogP contribution in [0.1, 0.15) is 19.8 Å². The predicted molar refractivity (Wildman–Crippen MR) is 68.1 cm³/mol. The van der Waals surface area contributed by atoms with E-state index in [1.165, 1.54) is 6.26 Å². The first-order valence-corrected chi connectivity index (χ1v) is 5.80. The van der Waals surface area contributed by atoms with Crippen molar-refractivity contribution in [2.75, 3.05) is 0 Å². The van der Waals surface area contributed by atoms with Crippen LogP contribution in [-0.2, 0) is 4.74 Å². The summed E-state index contributed by atoms with van der Waals surface area (Å²) in [5, 5.41) is 9.83. The Morgan fingerprint density at radius 3 is 2.71 bits per heavy atom.